The molecule has 5 heteroatoms. The molecule has 18 heavy (non-hydrogen) atoms. The van der Waals surface area contributed by atoms with Gasteiger partial charge in [-0.2, -0.15) is 0 Å². The number of hydrogen-bond donors (Lipinski definition) is 3. The highest BCUT2D eigenvalue weighted by molar-refractivity contribution is 5.77. The summed E-state index contributed by atoms with van der Waals surface area (Å²) in [7, 11) is 0. The normalized spacial score (nSPS) is 12.3. The fraction of sp³-hybridized carbons (Fsp3) is 0.231. The molecule has 5 nitrogen and oxygen atoms in total. The Kier molecular flexibility index (Phi) is 3.32. The van der Waals surface area contributed by atoms with E-state index >= 15 is 0 Å². The highest BCUT2D eigenvalue weighted by Gasteiger charge is 2.12. The fourth-order valence-electron chi connectivity index (χ4n) is 1.79. The van der Waals surface area contributed by atoms with Gasteiger partial charge in [0.05, 0.1) is 0 Å². The Bertz CT molecular complexity index is 633. The summed E-state index contributed by atoms with van der Waals surface area (Å²) in [5.41, 5.74) is 6.04. The van der Waals surface area contributed by atoms with Crippen LogP contribution < -0.4 is 16.7 Å². The van der Waals surface area contributed by atoms with Crippen molar-refractivity contribution in [1.82, 2.24) is 5.32 Å². The molecule has 2 aromatic rings. The lowest BCUT2D eigenvalue weighted by molar-refractivity contribution is 0.538. The Morgan fingerprint density at radius 2 is 2.22 bits per heavy atom. The molecule has 1 atom stereocenters. The van der Waals surface area contributed by atoms with Crippen molar-refractivity contribution in [2.24, 2.45) is 5.73 Å². The third-order valence-electron chi connectivity index (χ3n) is 2.80. The monoisotopic (exact) mass is 245 g/mol. The average Bonchev–Trinajstić information content (AvgIpc) is 2.35. The predicted molar refractivity (Wildman–Crippen MR) is 70.8 cm³/mol. The van der Waals surface area contributed by atoms with Gasteiger partial charge in [-0.3, -0.25) is 5.41 Å². The number of rotatable bonds is 3. The van der Waals surface area contributed by atoms with Gasteiger partial charge in [0.1, 0.15) is 5.58 Å². The van der Waals surface area contributed by atoms with E-state index < -0.39 is 0 Å². The average molecular weight is 245 g/mol. The molecule has 0 radical (unpaired) electrons. The van der Waals surface area contributed by atoms with Gasteiger partial charge in [0.25, 0.3) is 0 Å². The maximum Gasteiger partial charge on any atom is 0.339 e. The van der Waals surface area contributed by atoms with Crippen LogP contribution in [-0.4, -0.2) is 12.5 Å². The quantitative estimate of drug-likeness (QED) is 0.432. The summed E-state index contributed by atoms with van der Waals surface area (Å²) in [6, 6.07) is 9.20. The molecule has 0 aliphatic rings. The molecule has 1 aromatic carbocycles. The molecule has 0 amide bonds. The number of fused-ring (bicyclic) bond motifs is 1. The molecule has 94 valence electrons. The van der Waals surface area contributed by atoms with Crippen molar-refractivity contribution in [3.63, 3.8) is 0 Å². The van der Waals surface area contributed by atoms with E-state index in [1.807, 2.05) is 31.2 Å². The van der Waals surface area contributed by atoms with Crippen molar-refractivity contribution in [2.45, 2.75) is 12.8 Å². The first-order valence-electron chi connectivity index (χ1n) is 5.68. The predicted octanol–water partition coefficient (Wildman–Crippen LogP) is 1.38. The Labute approximate surface area is 104 Å². The third kappa shape index (κ3) is 2.51. The van der Waals surface area contributed by atoms with Crippen LogP contribution in [0.15, 0.2) is 39.5 Å². The summed E-state index contributed by atoms with van der Waals surface area (Å²) in [6.07, 6.45) is 0. The van der Waals surface area contributed by atoms with Gasteiger partial charge >= 0.3 is 5.63 Å². The molecule has 0 fully saturated rings. The summed E-state index contributed by atoms with van der Waals surface area (Å²) >= 11 is 0. The number of nitrogens with one attached hydrogen (secondary N) is 2. The van der Waals surface area contributed by atoms with E-state index in [0.29, 0.717) is 17.7 Å². The molecular weight excluding hydrogens is 230 g/mol. The molecule has 0 aliphatic heterocycles. The zero-order valence-electron chi connectivity index (χ0n) is 10.1. The van der Waals surface area contributed by atoms with Gasteiger partial charge in [-0.15, -0.1) is 0 Å². The van der Waals surface area contributed by atoms with Gasteiger partial charge in [0, 0.05) is 23.4 Å². The van der Waals surface area contributed by atoms with Crippen molar-refractivity contribution in [3.05, 3.63) is 46.3 Å². The molecule has 0 bridgehead atoms. The molecule has 0 saturated carbocycles. The number of para-hydroxylation sites is 1. The third-order valence-corrected chi connectivity index (χ3v) is 2.80. The van der Waals surface area contributed by atoms with Crippen LogP contribution in [0.25, 0.3) is 11.0 Å². The highest BCUT2D eigenvalue weighted by atomic mass is 16.4. The summed E-state index contributed by atoms with van der Waals surface area (Å²) in [6.45, 7) is 2.31. The number of guanidine groups is 1. The van der Waals surface area contributed by atoms with E-state index in [-0.39, 0.29) is 17.5 Å². The minimum Gasteiger partial charge on any atom is -0.423 e. The topological polar surface area (TPSA) is 92.1 Å². The largest absolute Gasteiger partial charge is 0.423 e. The van der Waals surface area contributed by atoms with Crippen LogP contribution in [0, 0.1) is 5.41 Å². The Morgan fingerprint density at radius 1 is 1.50 bits per heavy atom. The number of hydrogen-bond acceptors (Lipinski definition) is 3. The lowest BCUT2D eigenvalue weighted by Crippen LogP contribution is -2.34. The zero-order valence-corrected chi connectivity index (χ0v) is 10.1. The van der Waals surface area contributed by atoms with Crippen molar-refractivity contribution < 1.29 is 4.42 Å². The fourth-order valence-corrected chi connectivity index (χ4v) is 1.79. The molecule has 2 rings (SSSR count). The summed E-state index contributed by atoms with van der Waals surface area (Å²) in [5.74, 6) is -0.179. The molecular formula is C13H15N3O2. The number of nitrogens with two attached hydrogens (primary N) is 1. The van der Waals surface area contributed by atoms with E-state index in [1.165, 1.54) is 0 Å². The van der Waals surface area contributed by atoms with Gasteiger partial charge in [-0.05, 0) is 12.1 Å². The van der Waals surface area contributed by atoms with Crippen molar-refractivity contribution in [1.29, 1.82) is 5.41 Å². The van der Waals surface area contributed by atoms with E-state index in [9.17, 15) is 4.79 Å². The van der Waals surface area contributed by atoms with Crippen LogP contribution in [0.4, 0.5) is 0 Å². The molecule has 0 spiro atoms. The zero-order chi connectivity index (χ0) is 13.1. The highest BCUT2D eigenvalue weighted by Crippen LogP contribution is 2.17. The Balaban J connectivity index is 2.35. The summed E-state index contributed by atoms with van der Waals surface area (Å²) < 4.78 is 5.25. The molecule has 4 N–H and O–H groups in total. The molecule has 0 aliphatic carbocycles. The van der Waals surface area contributed by atoms with E-state index in [2.05, 4.69) is 5.32 Å². The first-order valence-corrected chi connectivity index (χ1v) is 5.68. The lowest BCUT2D eigenvalue weighted by atomic mass is 10.0. The van der Waals surface area contributed by atoms with Crippen molar-refractivity contribution in [3.8, 4) is 0 Å². The SMILES string of the molecule is CC(CNC(=N)N)c1cc2ccccc2oc1=O. The second-order valence-corrected chi connectivity index (χ2v) is 4.22. The van der Waals surface area contributed by atoms with Crippen LogP contribution in [0.5, 0.6) is 0 Å². The van der Waals surface area contributed by atoms with Gasteiger partial charge in [0.2, 0.25) is 0 Å². The molecule has 1 aromatic heterocycles. The van der Waals surface area contributed by atoms with Gasteiger partial charge in [-0.25, -0.2) is 4.79 Å². The van der Waals surface area contributed by atoms with Crippen LogP contribution >= 0.6 is 0 Å². The summed E-state index contributed by atoms with van der Waals surface area (Å²) in [4.78, 5) is 11.8. The van der Waals surface area contributed by atoms with Gasteiger partial charge in [0.15, 0.2) is 5.96 Å². The Morgan fingerprint density at radius 3 is 2.94 bits per heavy atom. The second kappa shape index (κ2) is 4.91. The van der Waals surface area contributed by atoms with Crippen LogP contribution in [-0.2, 0) is 0 Å². The Hall–Kier alpha value is -2.30. The van der Waals surface area contributed by atoms with E-state index in [0.717, 1.165) is 5.39 Å². The molecule has 1 heterocycles. The van der Waals surface area contributed by atoms with Crippen molar-refractivity contribution in [2.75, 3.05) is 6.54 Å². The van der Waals surface area contributed by atoms with Crippen molar-refractivity contribution >= 4 is 16.9 Å². The smallest absolute Gasteiger partial charge is 0.339 e. The van der Waals surface area contributed by atoms with Crippen LogP contribution in [0.1, 0.15) is 18.4 Å². The van der Waals surface area contributed by atoms with Crippen LogP contribution in [0.3, 0.4) is 0 Å². The van der Waals surface area contributed by atoms with Crippen LogP contribution in [0.2, 0.25) is 0 Å². The molecule has 1 unspecified atom stereocenters. The first kappa shape index (κ1) is 12.2. The standard InChI is InChI=1S/C13H15N3O2/c1-8(7-16-13(14)15)10-6-9-4-2-3-5-11(9)18-12(10)17/h2-6,8H,7H2,1H3,(H4,14,15,16). The second-order valence-electron chi connectivity index (χ2n) is 4.22. The maximum absolute atomic E-state index is 11.8. The maximum atomic E-state index is 11.8. The minimum absolute atomic E-state index is 0.0743. The van der Waals surface area contributed by atoms with Gasteiger partial charge < -0.3 is 15.5 Å². The summed E-state index contributed by atoms with van der Waals surface area (Å²) in [5, 5.41) is 10.7. The van der Waals surface area contributed by atoms with E-state index in [1.54, 1.807) is 6.07 Å². The minimum atomic E-state index is -0.341. The van der Waals surface area contributed by atoms with Gasteiger partial charge in [-0.1, -0.05) is 25.1 Å². The molecule has 0 saturated heterocycles. The number of benzene rings is 1. The first-order chi connectivity index (χ1) is 8.58. The lowest BCUT2D eigenvalue weighted by Gasteiger charge is -2.12. The van der Waals surface area contributed by atoms with E-state index in [4.69, 9.17) is 15.6 Å².